The molecule has 4 nitrogen and oxygen atoms in total. The van der Waals surface area contributed by atoms with Gasteiger partial charge in [0.15, 0.2) is 0 Å². The van der Waals surface area contributed by atoms with Gasteiger partial charge >= 0.3 is 0 Å². The van der Waals surface area contributed by atoms with Crippen molar-refractivity contribution in [3.8, 4) is 0 Å². The van der Waals surface area contributed by atoms with Crippen molar-refractivity contribution in [2.45, 2.75) is 25.3 Å². The second kappa shape index (κ2) is 4.42. The Morgan fingerprint density at radius 2 is 2.25 bits per heavy atom. The van der Waals surface area contributed by atoms with Crippen molar-refractivity contribution in [3.63, 3.8) is 0 Å². The maximum absolute atomic E-state index is 10.6. The van der Waals surface area contributed by atoms with Crippen LogP contribution in [0, 0.1) is 0 Å². The molecule has 1 aliphatic heterocycles. The number of unbranched alkanes of at least 4 members (excludes halogenated alkanes) is 2. The monoisotopic (exact) mass is 172 g/mol. The number of amides is 1. The smallest absolute Gasteiger partial charge is 0.236 e. The summed E-state index contributed by atoms with van der Waals surface area (Å²) in [4.78, 5) is 12.7. The second-order valence-electron chi connectivity index (χ2n) is 3.20. The molecule has 1 saturated heterocycles. The first-order valence-corrected chi connectivity index (χ1v) is 4.40. The van der Waals surface area contributed by atoms with E-state index in [4.69, 9.17) is 10.8 Å². The van der Waals surface area contributed by atoms with Crippen LogP contribution < -0.4 is 5.73 Å². The van der Waals surface area contributed by atoms with Crippen LogP contribution in [0.15, 0.2) is 0 Å². The van der Waals surface area contributed by atoms with Gasteiger partial charge < -0.3 is 10.8 Å². The summed E-state index contributed by atoms with van der Waals surface area (Å²) in [6.45, 7) is 2.03. The van der Waals surface area contributed by atoms with Crippen LogP contribution in [0.2, 0.25) is 0 Å². The highest BCUT2D eigenvalue weighted by atomic mass is 16.2. The summed E-state index contributed by atoms with van der Waals surface area (Å²) < 4.78 is 0. The van der Waals surface area contributed by atoms with Crippen molar-refractivity contribution < 1.29 is 9.90 Å². The Kier molecular flexibility index (Phi) is 3.49. The van der Waals surface area contributed by atoms with Gasteiger partial charge in [0.05, 0.1) is 0 Å². The lowest BCUT2D eigenvalue weighted by molar-refractivity contribution is -0.118. The third kappa shape index (κ3) is 2.79. The van der Waals surface area contributed by atoms with Gasteiger partial charge in [-0.1, -0.05) is 0 Å². The highest BCUT2D eigenvalue weighted by Crippen LogP contribution is 2.17. The molecule has 0 radical (unpaired) electrons. The lowest BCUT2D eigenvalue weighted by Gasteiger charge is -2.00. The predicted octanol–water partition coefficient (Wildman–Crippen LogP) is -0.682. The molecule has 3 N–H and O–H groups in total. The minimum absolute atomic E-state index is 0.000809. The van der Waals surface area contributed by atoms with E-state index in [1.165, 1.54) is 0 Å². The van der Waals surface area contributed by atoms with E-state index >= 15 is 0 Å². The molecule has 1 rings (SSSR count). The fraction of sp³-hybridized carbons (Fsp3) is 0.875. The molecule has 0 aromatic carbocycles. The molecule has 2 atom stereocenters. The van der Waals surface area contributed by atoms with E-state index < -0.39 is 0 Å². The summed E-state index contributed by atoms with van der Waals surface area (Å²) in [5, 5.41) is 8.50. The normalized spacial score (nSPS) is 27.1. The van der Waals surface area contributed by atoms with Gasteiger partial charge in [-0.2, -0.15) is 0 Å². The topological polar surface area (TPSA) is 66.3 Å². The van der Waals surface area contributed by atoms with E-state index in [1.807, 2.05) is 0 Å². The third-order valence-corrected chi connectivity index (χ3v) is 2.15. The van der Waals surface area contributed by atoms with Crippen molar-refractivity contribution in [1.29, 1.82) is 0 Å². The molecule has 2 unspecified atom stereocenters. The number of hydrogen-bond donors (Lipinski definition) is 2. The van der Waals surface area contributed by atoms with E-state index in [1.54, 1.807) is 0 Å². The molecule has 0 aliphatic carbocycles. The Morgan fingerprint density at radius 1 is 1.50 bits per heavy atom. The number of carbonyl (C=O) groups is 1. The third-order valence-electron chi connectivity index (χ3n) is 2.15. The number of aliphatic hydroxyl groups excluding tert-OH is 1. The second-order valence-corrected chi connectivity index (χ2v) is 3.20. The van der Waals surface area contributed by atoms with Crippen LogP contribution in [0.3, 0.4) is 0 Å². The minimum Gasteiger partial charge on any atom is -0.396 e. The highest BCUT2D eigenvalue weighted by molar-refractivity contribution is 5.82. The fourth-order valence-electron chi connectivity index (χ4n) is 1.30. The van der Waals surface area contributed by atoms with Crippen LogP contribution >= 0.6 is 0 Å². The van der Waals surface area contributed by atoms with Gasteiger partial charge in [0.2, 0.25) is 5.91 Å². The van der Waals surface area contributed by atoms with Gasteiger partial charge in [-0.25, -0.2) is 0 Å². The van der Waals surface area contributed by atoms with Gasteiger partial charge in [0, 0.05) is 13.2 Å². The van der Waals surface area contributed by atoms with E-state index in [-0.39, 0.29) is 18.6 Å². The molecular formula is C8H16N2O2. The van der Waals surface area contributed by atoms with Gasteiger partial charge in [-0.15, -0.1) is 0 Å². The quantitative estimate of drug-likeness (QED) is 0.412. The Balaban J connectivity index is 1.93. The summed E-state index contributed by atoms with van der Waals surface area (Å²) in [6.07, 6.45) is 2.93. The molecule has 0 aromatic rings. The summed E-state index contributed by atoms with van der Waals surface area (Å²) >= 11 is 0. The van der Waals surface area contributed by atoms with Crippen LogP contribution in [0.4, 0.5) is 0 Å². The average Bonchev–Trinajstić information content (AvgIpc) is 2.77. The van der Waals surface area contributed by atoms with E-state index in [2.05, 4.69) is 4.90 Å². The number of rotatable bonds is 6. The summed E-state index contributed by atoms with van der Waals surface area (Å²) in [6, 6.07) is -0.000809. The SMILES string of the molecule is NC(=O)C1CN1CCCCCO. The molecule has 0 aromatic heterocycles. The molecule has 1 fully saturated rings. The van der Waals surface area contributed by atoms with Crippen molar-refractivity contribution in [2.24, 2.45) is 5.73 Å². The number of hydrogen-bond acceptors (Lipinski definition) is 3. The van der Waals surface area contributed by atoms with Crippen molar-refractivity contribution in [1.82, 2.24) is 4.90 Å². The number of carbonyl (C=O) groups excluding carboxylic acids is 1. The zero-order valence-corrected chi connectivity index (χ0v) is 7.20. The Labute approximate surface area is 72.3 Å². The first-order chi connectivity index (χ1) is 5.75. The van der Waals surface area contributed by atoms with Crippen LogP contribution in [0.25, 0.3) is 0 Å². The Hall–Kier alpha value is -0.610. The molecule has 0 spiro atoms. The average molecular weight is 172 g/mol. The molecule has 4 heteroatoms. The highest BCUT2D eigenvalue weighted by Gasteiger charge is 2.37. The number of nitrogens with zero attached hydrogens (tertiary/aromatic N) is 1. The standard InChI is InChI=1S/C8H16N2O2/c9-8(12)7-6-10(7)4-2-1-3-5-11/h7,11H,1-6H2,(H2,9,12). The van der Waals surface area contributed by atoms with Gasteiger partial charge in [0.25, 0.3) is 0 Å². The molecule has 12 heavy (non-hydrogen) atoms. The van der Waals surface area contributed by atoms with E-state index in [0.717, 1.165) is 32.4 Å². The van der Waals surface area contributed by atoms with Crippen molar-refractivity contribution in [3.05, 3.63) is 0 Å². The van der Waals surface area contributed by atoms with Gasteiger partial charge in [0.1, 0.15) is 6.04 Å². The van der Waals surface area contributed by atoms with Crippen LogP contribution in [0.1, 0.15) is 19.3 Å². The minimum atomic E-state index is -0.211. The molecular weight excluding hydrogens is 156 g/mol. The summed E-state index contributed by atoms with van der Waals surface area (Å²) in [5.74, 6) is -0.211. The maximum Gasteiger partial charge on any atom is 0.236 e. The molecule has 70 valence electrons. The predicted molar refractivity (Wildman–Crippen MR) is 45.5 cm³/mol. The fourth-order valence-corrected chi connectivity index (χ4v) is 1.30. The molecule has 1 aliphatic rings. The molecule has 0 saturated carbocycles. The van der Waals surface area contributed by atoms with Crippen molar-refractivity contribution in [2.75, 3.05) is 19.7 Å². The first-order valence-electron chi connectivity index (χ1n) is 4.40. The molecule has 1 heterocycles. The Bertz CT molecular complexity index is 161. The summed E-state index contributed by atoms with van der Waals surface area (Å²) in [5.41, 5.74) is 5.10. The van der Waals surface area contributed by atoms with Crippen LogP contribution in [-0.4, -0.2) is 41.7 Å². The lowest BCUT2D eigenvalue weighted by atomic mass is 10.2. The zero-order chi connectivity index (χ0) is 8.97. The zero-order valence-electron chi connectivity index (χ0n) is 7.20. The number of aliphatic hydroxyl groups is 1. The molecule has 0 bridgehead atoms. The lowest BCUT2D eigenvalue weighted by Crippen LogP contribution is -2.22. The number of nitrogens with two attached hydrogens (primary N) is 1. The van der Waals surface area contributed by atoms with E-state index in [9.17, 15) is 4.79 Å². The van der Waals surface area contributed by atoms with Crippen LogP contribution in [0.5, 0.6) is 0 Å². The van der Waals surface area contributed by atoms with E-state index in [0.29, 0.717) is 0 Å². The summed E-state index contributed by atoms with van der Waals surface area (Å²) in [7, 11) is 0. The largest absolute Gasteiger partial charge is 0.396 e. The van der Waals surface area contributed by atoms with Gasteiger partial charge in [-0.3, -0.25) is 9.69 Å². The van der Waals surface area contributed by atoms with Crippen molar-refractivity contribution >= 4 is 5.91 Å². The van der Waals surface area contributed by atoms with Gasteiger partial charge in [-0.05, 0) is 25.8 Å². The Morgan fingerprint density at radius 3 is 2.75 bits per heavy atom. The first kappa shape index (κ1) is 9.48. The maximum atomic E-state index is 10.6. The number of primary amides is 1. The molecule has 1 amide bonds. The van der Waals surface area contributed by atoms with Crippen LogP contribution in [-0.2, 0) is 4.79 Å².